The van der Waals surface area contributed by atoms with E-state index in [9.17, 15) is 5.11 Å². The number of phenols is 1. The van der Waals surface area contributed by atoms with Gasteiger partial charge in [0.25, 0.3) is 0 Å². The number of para-hydroxylation sites is 2. The zero-order valence-electron chi connectivity index (χ0n) is 8.58. The van der Waals surface area contributed by atoms with Crippen LogP contribution in [0, 0.1) is 0 Å². The molecule has 80 valence electrons. The predicted octanol–water partition coefficient (Wildman–Crippen LogP) is 2.81. The third kappa shape index (κ3) is 2.60. The monoisotopic (exact) mass is 213 g/mol. The minimum absolute atomic E-state index is 0.183. The summed E-state index contributed by atoms with van der Waals surface area (Å²) in [5.41, 5.74) is 0.624. The van der Waals surface area contributed by atoms with Crippen LogP contribution in [0.2, 0.25) is 0 Å². The molecule has 0 spiro atoms. The standard InChI is InChI=1S/C13H11NO2/c15-13-9-5-4-6-11(13)10-14-16-12-7-2-1-3-8-12/h1-10,15H. The number of oxime groups is 1. The molecular weight excluding hydrogens is 202 g/mol. The number of rotatable bonds is 3. The molecule has 0 aliphatic heterocycles. The van der Waals surface area contributed by atoms with E-state index in [1.807, 2.05) is 36.4 Å². The molecular formula is C13H11NO2. The Balaban J connectivity index is 2.03. The van der Waals surface area contributed by atoms with E-state index in [4.69, 9.17) is 4.84 Å². The Morgan fingerprint density at radius 1 is 0.938 bits per heavy atom. The molecule has 3 nitrogen and oxygen atoms in total. The Morgan fingerprint density at radius 2 is 1.62 bits per heavy atom. The normalized spacial score (nSPS) is 10.5. The van der Waals surface area contributed by atoms with Crippen LogP contribution in [-0.2, 0) is 0 Å². The molecule has 0 heterocycles. The topological polar surface area (TPSA) is 41.8 Å². The van der Waals surface area contributed by atoms with Gasteiger partial charge in [-0.15, -0.1) is 0 Å². The van der Waals surface area contributed by atoms with Gasteiger partial charge in [0, 0.05) is 5.56 Å². The molecule has 0 aromatic heterocycles. The van der Waals surface area contributed by atoms with Gasteiger partial charge in [0.1, 0.15) is 5.75 Å². The van der Waals surface area contributed by atoms with E-state index in [0.29, 0.717) is 11.3 Å². The van der Waals surface area contributed by atoms with Gasteiger partial charge < -0.3 is 9.94 Å². The highest BCUT2D eigenvalue weighted by molar-refractivity contribution is 5.82. The van der Waals surface area contributed by atoms with Gasteiger partial charge in [-0.25, -0.2) is 0 Å². The number of aromatic hydroxyl groups is 1. The lowest BCUT2D eigenvalue weighted by Crippen LogP contribution is -1.86. The highest BCUT2D eigenvalue weighted by atomic mass is 16.6. The zero-order valence-corrected chi connectivity index (χ0v) is 8.58. The van der Waals surface area contributed by atoms with Crippen molar-refractivity contribution in [2.45, 2.75) is 0 Å². The van der Waals surface area contributed by atoms with Crippen LogP contribution in [0.3, 0.4) is 0 Å². The Morgan fingerprint density at radius 3 is 2.38 bits per heavy atom. The minimum atomic E-state index is 0.183. The van der Waals surface area contributed by atoms with E-state index < -0.39 is 0 Å². The molecule has 0 aliphatic rings. The van der Waals surface area contributed by atoms with Gasteiger partial charge >= 0.3 is 0 Å². The Hall–Kier alpha value is -2.29. The van der Waals surface area contributed by atoms with Gasteiger partial charge in [-0.05, 0) is 24.3 Å². The van der Waals surface area contributed by atoms with Crippen molar-refractivity contribution in [1.82, 2.24) is 0 Å². The average Bonchev–Trinajstić information content (AvgIpc) is 2.33. The molecule has 0 bridgehead atoms. The van der Waals surface area contributed by atoms with Crippen LogP contribution in [0.25, 0.3) is 0 Å². The lowest BCUT2D eigenvalue weighted by atomic mass is 10.2. The van der Waals surface area contributed by atoms with E-state index >= 15 is 0 Å². The van der Waals surface area contributed by atoms with Crippen molar-refractivity contribution in [2.24, 2.45) is 5.16 Å². The van der Waals surface area contributed by atoms with E-state index in [-0.39, 0.29) is 5.75 Å². The summed E-state index contributed by atoms with van der Waals surface area (Å²) in [4.78, 5) is 5.12. The second-order valence-corrected chi connectivity index (χ2v) is 3.20. The van der Waals surface area contributed by atoms with Crippen molar-refractivity contribution in [3.05, 3.63) is 60.2 Å². The van der Waals surface area contributed by atoms with Crippen LogP contribution >= 0.6 is 0 Å². The quantitative estimate of drug-likeness (QED) is 0.629. The summed E-state index contributed by atoms with van der Waals surface area (Å²) in [6.07, 6.45) is 1.47. The van der Waals surface area contributed by atoms with Gasteiger partial charge in [0.05, 0.1) is 6.21 Å². The van der Waals surface area contributed by atoms with E-state index in [1.54, 1.807) is 18.2 Å². The highest BCUT2D eigenvalue weighted by Gasteiger charge is 1.94. The second-order valence-electron chi connectivity index (χ2n) is 3.20. The van der Waals surface area contributed by atoms with Gasteiger partial charge in [-0.1, -0.05) is 35.5 Å². The molecule has 0 fully saturated rings. The summed E-state index contributed by atoms with van der Waals surface area (Å²) in [6, 6.07) is 16.2. The lowest BCUT2D eigenvalue weighted by molar-refractivity contribution is 0.343. The minimum Gasteiger partial charge on any atom is -0.507 e. The maximum absolute atomic E-state index is 9.46. The first kappa shape index (κ1) is 10.2. The number of phenolic OH excluding ortho intramolecular Hbond substituents is 1. The van der Waals surface area contributed by atoms with E-state index in [2.05, 4.69) is 5.16 Å². The van der Waals surface area contributed by atoms with Crippen LogP contribution in [0.15, 0.2) is 59.8 Å². The summed E-state index contributed by atoms with van der Waals surface area (Å²) < 4.78 is 0. The fourth-order valence-electron chi connectivity index (χ4n) is 1.22. The van der Waals surface area contributed by atoms with Crippen LogP contribution in [0.5, 0.6) is 11.5 Å². The highest BCUT2D eigenvalue weighted by Crippen LogP contribution is 2.13. The Bertz CT molecular complexity index is 480. The molecule has 1 N–H and O–H groups in total. The van der Waals surface area contributed by atoms with Crippen molar-refractivity contribution >= 4 is 6.21 Å². The van der Waals surface area contributed by atoms with Gasteiger partial charge in [0.15, 0.2) is 5.75 Å². The summed E-state index contributed by atoms with van der Waals surface area (Å²) in [7, 11) is 0. The molecule has 3 heteroatoms. The first-order valence-electron chi connectivity index (χ1n) is 4.90. The first-order chi connectivity index (χ1) is 7.86. The first-order valence-corrected chi connectivity index (χ1v) is 4.90. The smallest absolute Gasteiger partial charge is 0.157 e. The number of benzene rings is 2. The fraction of sp³-hybridized carbons (Fsp3) is 0. The number of hydrogen-bond acceptors (Lipinski definition) is 3. The van der Waals surface area contributed by atoms with Crippen LogP contribution < -0.4 is 4.84 Å². The zero-order chi connectivity index (χ0) is 11.2. The average molecular weight is 213 g/mol. The van der Waals surface area contributed by atoms with Crippen molar-refractivity contribution < 1.29 is 9.94 Å². The van der Waals surface area contributed by atoms with Crippen molar-refractivity contribution in [1.29, 1.82) is 0 Å². The number of hydrogen-bond donors (Lipinski definition) is 1. The van der Waals surface area contributed by atoms with Crippen LogP contribution in [0.4, 0.5) is 0 Å². The molecule has 0 unspecified atom stereocenters. The Labute approximate surface area is 93.6 Å². The predicted molar refractivity (Wildman–Crippen MR) is 62.8 cm³/mol. The van der Waals surface area contributed by atoms with E-state index in [0.717, 1.165) is 0 Å². The molecule has 0 amide bonds. The summed E-state index contributed by atoms with van der Waals surface area (Å²) >= 11 is 0. The van der Waals surface area contributed by atoms with Crippen LogP contribution in [-0.4, -0.2) is 11.3 Å². The number of nitrogens with zero attached hydrogens (tertiary/aromatic N) is 1. The Kier molecular flexibility index (Phi) is 3.18. The van der Waals surface area contributed by atoms with Crippen molar-refractivity contribution in [3.8, 4) is 11.5 Å². The maximum Gasteiger partial charge on any atom is 0.157 e. The third-order valence-corrected chi connectivity index (χ3v) is 2.03. The molecule has 0 atom stereocenters. The SMILES string of the molecule is Oc1ccccc1C=NOc1ccccc1. The third-order valence-electron chi connectivity index (χ3n) is 2.03. The van der Waals surface area contributed by atoms with Crippen molar-refractivity contribution in [3.63, 3.8) is 0 Å². The van der Waals surface area contributed by atoms with Gasteiger partial charge in [0.2, 0.25) is 0 Å². The molecule has 0 saturated heterocycles. The lowest BCUT2D eigenvalue weighted by Gasteiger charge is -1.98. The molecule has 2 rings (SSSR count). The molecule has 0 saturated carbocycles. The fourth-order valence-corrected chi connectivity index (χ4v) is 1.22. The second kappa shape index (κ2) is 4.98. The van der Waals surface area contributed by atoms with Crippen molar-refractivity contribution in [2.75, 3.05) is 0 Å². The largest absolute Gasteiger partial charge is 0.507 e. The molecule has 2 aromatic carbocycles. The molecule has 16 heavy (non-hydrogen) atoms. The molecule has 0 radical (unpaired) electrons. The van der Waals surface area contributed by atoms with Gasteiger partial charge in [-0.3, -0.25) is 0 Å². The van der Waals surface area contributed by atoms with Gasteiger partial charge in [-0.2, -0.15) is 0 Å². The summed E-state index contributed by atoms with van der Waals surface area (Å²) in [5, 5.41) is 13.2. The van der Waals surface area contributed by atoms with E-state index in [1.165, 1.54) is 6.21 Å². The summed E-state index contributed by atoms with van der Waals surface area (Å²) in [5.74, 6) is 0.845. The summed E-state index contributed by atoms with van der Waals surface area (Å²) in [6.45, 7) is 0. The maximum atomic E-state index is 9.46. The molecule has 2 aromatic rings. The molecule has 0 aliphatic carbocycles. The van der Waals surface area contributed by atoms with Crippen LogP contribution in [0.1, 0.15) is 5.56 Å².